The summed E-state index contributed by atoms with van der Waals surface area (Å²) in [5.74, 6) is 1.31. The molecule has 5 aromatic rings. The Balaban J connectivity index is 1.36. The molecule has 4 heterocycles. The first-order chi connectivity index (χ1) is 15.8. The molecule has 0 saturated carbocycles. The lowest BCUT2D eigenvalue weighted by Crippen LogP contribution is -2.02. The Hall–Kier alpha value is -4.17. The molecule has 1 N–H and O–H groups in total. The number of rotatable bonds is 7. The van der Waals surface area contributed by atoms with E-state index in [2.05, 4.69) is 25.0 Å². The summed E-state index contributed by atoms with van der Waals surface area (Å²) in [6.45, 7) is 0.717. The number of aromatic nitrogens is 6. The minimum atomic E-state index is 0.0244. The molecule has 0 atom stereocenters. The van der Waals surface area contributed by atoms with Crippen molar-refractivity contribution >= 4 is 11.0 Å². The van der Waals surface area contributed by atoms with Crippen LogP contribution in [0.5, 0.6) is 5.75 Å². The zero-order chi connectivity index (χ0) is 21.8. The van der Waals surface area contributed by atoms with Crippen LogP contribution in [0.25, 0.3) is 33.4 Å². The van der Waals surface area contributed by atoms with Gasteiger partial charge in [-0.05, 0) is 54.1 Å². The number of ether oxygens (including phenoxy) is 1. The Bertz CT molecular complexity index is 1340. The molecule has 0 spiro atoms. The Morgan fingerprint density at radius 1 is 0.875 bits per heavy atom. The number of aliphatic hydroxyl groups is 1. The quantitative estimate of drug-likeness (QED) is 0.427. The molecule has 1 aromatic carbocycles. The van der Waals surface area contributed by atoms with Gasteiger partial charge >= 0.3 is 0 Å². The molecule has 0 unspecified atom stereocenters. The van der Waals surface area contributed by atoms with Crippen molar-refractivity contribution in [1.29, 1.82) is 0 Å². The number of aliphatic hydroxyl groups excluding tert-OH is 1. The van der Waals surface area contributed by atoms with Crippen LogP contribution < -0.4 is 4.74 Å². The highest BCUT2D eigenvalue weighted by molar-refractivity contribution is 5.80. The van der Waals surface area contributed by atoms with Crippen molar-refractivity contribution in [3.63, 3.8) is 0 Å². The van der Waals surface area contributed by atoms with Gasteiger partial charge in [0.2, 0.25) is 0 Å². The summed E-state index contributed by atoms with van der Waals surface area (Å²) in [5, 5.41) is 14.0. The number of hydrogen-bond donors (Lipinski definition) is 1. The third kappa shape index (κ3) is 4.17. The van der Waals surface area contributed by atoms with E-state index in [-0.39, 0.29) is 13.2 Å². The van der Waals surface area contributed by atoms with E-state index in [9.17, 15) is 5.11 Å². The number of hydrogen-bond acceptors (Lipinski definition) is 7. The van der Waals surface area contributed by atoms with Gasteiger partial charge in [0.05, 0.1) is 24.9 Å². The zero-order valence-corrected chi connectivity index (χ0v) is 17.2. The summed E-state index contributed by atoms with van der Waals surface area (Å²) in [5.41, 5.74) is 5.33. The van der Waals surface area contributed by atoms with Gasteiger partial charge in [0.15, 0.2) is 5.82 Å². The SMILES string of the molecule is OCCn1cc(-c2ccncc2)c(-c2ccc(OCc3ncc4ncccc4n3)cc2)n1. The second-order valence-electron chi connectivity index (χ2n) is 7.12. The largest absolute Gasteiger partial charge is 0.486 e. The summed E-state index contributed by atoms with van der Waals surface area (Å²) in [4.78, 5) is 17.1. The van der Waals surface area contributed by atoms with Crippen molar-refractivity contribution in [3.05, 3.63) is 85.3 Å². The van der Waals surface area contributed by atoms with Crippen LogP contribution in [0.4, 0.5) is 0 Å². The lowest BCUT2D eigenvalue weighted by molar-refractivity contribution is 0.269. The van der Waals surface area contributed by atoms with Crippen molar-refractivity contribution in [3.8, 4) is 28.1 Å². The smallest absolute Gasteiger partial charge is 0.166 e. The first kappa shape index (κ1) is 19.8. The summed E-state index contributed by atoms with van der Waals surface area (Å²) < 4.78 is 7.63. The molecule has 0 saturated heterocycles. The molecule has 0 aliphatic rings. The average molecular weight is 424 g/mol. The van der Waals surface area contributed by atoms with E-state index in [0.29, 0.717) is 18.1 Å². The second kappa shape index (κ2) is 8.91. The van der Waals surface area contributed by atoms with E-state index in [4.69, 9.17) is 4.74 Å². The van der Waals surface area contributed by atoms with E-state index in [0.717, 1.165) is 33.4 Å². The summed E-state index contributed by atoms with van der Waals surface area (Å²) >= 11 is 0. The third-order valence-electron chi connectivity index (χ3n) is 4.98. The van der Waals surface area contributed by atoms with Crippen molar-refractivity contribution in [2.75, 3.05) is 6.61 Å². The molecule has 0 radical (unpaired) electrons. The predicted molar refractivity (Wildman–Crippen MR) is 120 cm³/mol. The second-order valence-corrected chi connectivity index (χ2v) is 7.12. The fraction of sp³-hybridized carbons (Fsp3) is 0.125. The van der Waals surface area contributed by atoms with Crippen molar-refractivity contribution < 1.29 is 9.84 Å². The van der Waals surface area contributed by atoms with Crippen molar-refractivity contribution in [2.24, 2.45) is 0 Å². The van der Waals surface area contributed by atoms with Gasteiger partial charge in [-0.2, -0.15) is 5.10 Å². The molecular weight excluding hydrogens is 404 g/mol. The molecule has 32 heavy (non-hydrogen) atoms. The van der Waals surface area contributed by atoms with Gasteiger partial charge in [-0.3, -0.25) is 14.6 Å². The Morgan fingerprint density at radius 2 is 1.72 bits per heavy atom. The highest BCUT2D eigenvalue weighted by Gasteiger charge is 2.13. The lowest BCUT2D eigenvalue weighted by atomic mass is 10.0. The minimum absolute atomic E-state index is 0.0244. The molecule has 0 amide bonds. The summed E-state index contributed by atoms with van der Waals surface area (Å²) in [7, 11) is 0. The van der Waals surface area contributed by atoms with Crippen LogP contribution in [0.2, 0.25) is 0 Å². The monoisotopic (exact) mass is 424 g/mol. The van der Waals surface area contributed by atoms with Crippen LogP contribution in [-0.2, 0) is 13.2 Å². The average Bonchev–Trinajstić information content (AvgIpc) is 3.28. The van der Waals surface area contributed by atoms with Gasteiger partial charge in [0, 0.05) is 35.9 Å². The molecular formula is C24H20N6O2. The van der Waals surface area contributed by atoms with E-state index in [1.807, 2.05) is 54.7 Å². The van der Waals surface area contributed by atoms with Crippen LogP contribution in [0.1, 0.15) is 5.82 Å². The van der Waals surface area contributed by atoms with Crippen molar-refractivity contribution in [2.45, 2.75) is 13.2 Å². The Kier molecular flexibility index (Phi) is 5.50. The van der Waals surface area contributed by atoms with Gasteiger partial charge in [-0.1, -0.05) is 0 Å². The van der Waals surface area contributed by atoms with Gasteiger partial charge in [0.25, 0.3) is 0 Å². The standard InChI is InChI=1S/C24H20N6O2/c31-13-12-30-15-20(17-7-10-25-11-8-17)24(29-30)18-3-5-19(6-4-18)32-16-23-27-14-22-21(28-23)2-1-9-26-22/h1-11,14-15,31H,12-13,16H2. The molecule has 0 bridgehead atoms. The van der Waals surface area contributed by atoms with Gasteiger partial charge in [0.1, 0.15) is 23.6 Å². The Labute approximate surface area is 184 Å². The normalized spacial score (nSPS) is 11.0. The maximum atomic E-state index is 9.31. The van der Waals surface area contributed by atoms with Crippen LogP contribution in [0, 0.1) is 0 Å². The van der Waals surface area contributed by atoms with Gasteiger partial charge in [-0.15, -0.1) is 0 Å². The van der Waals surface area contributed by atoms with Crippen LogP contribution in [0.15, 0.2) is 79.5 Å². The Morgan fingerprint density at radius 3 is 2.53 bits per heavy atom. The summed E-state index contributed by atoms with van der Waals surface area (Å²) in [6.07, 6.45) is 8.87. The minimum Gasteiger partial charge on any atom is -0.486 e. The van der Waals surface area contributed by atoms with E-state index >= 15 is 0 Å². The van der Waals surface area contributed by atoms with Crippen LogP contribution in [0.3, 0.4) is 0 Å². The van der Waals surface area contributed by atoms with Gasteiger partial charge in [-0.25, -0.2) is 9.97 Å². The molecule has 8 nitrogen and oxygen atoms in total. The third-order valence-corrected chi connectivity index (χ3v) is 4.98. The van der Waals surface area contributed by atoms with Gasteiger partial charge < -0.3 is 9.84 Å². The fourth-order valence-corrected chi connectivity index (χ4v) is 3.43. The van der Waals surface area contributed by atoms with Crippen LogP contribution in [-0.4, -0.2) is 41.4 Å². The van der Waals surface area contributed by atoms with E-state index < -0.39 is 0 Å². The molecule has 0 fully saturated rings. The molecule has 0 aliphatic heterocycles. The van der Waals surface area contributed by atoms with Crippen LogP contribution >= 0.6 is 0 Å². The molecule has 5 rings (SSSR count). The lowest BCUT2D eigenvalue weighted by Gasteiger charge is -2.07. The molecule has 4 aromatic heterocycles. The molecule has 8 heteroatoms. The number of benzene rings is 1. The number of pyridine rings is 2. The first-order valence-corrected chi connectivity index (χ1v) is 10.2. The zero-order valence-electron chi connectivity index (χ0n) is 17.2. The highest BCUT2D eigenvalue weighted by Crippen LogP contribution is 2.31. The first-order valence-electron chi connectivity index (χ1n) is 10.2. The highest BCUT2D eigenvalue weighted by atomic mass is 16.5. The maximum Gasteiger partial charge on any atom is 0.166 e. The fourth-order valence-electron chi connectivity index (χ4n) is 3.43. The summed E-state index contributed by atoms with van der Waals surface area (Å²) in [6, 6.07) is 15.4. The van der Waals surface area contributed by atoms with Crippen molar-refractivity contribution in [1.82, 2.24) is 29.7 Å². The molecule has 158 valence electrons. The van der Waals surface area contributed by atoms with E-state index in [1.165, 1.54) is 0 Å². The van der Waals surface area contributed by atoms with E-state index in [1.54, 1.807) is 29.5 Å². The molecule has 0 aliphatic carbocycles. The number of nitrogens with zero attached hydrogens (tertiary/aromatic N) is 6. The maximum absolute atomic E-state index is 9.31. The predicted octanol–water partition coefficient (Wildman–Crippen LogP) is 3.52. The topological polar surface area (TPSA) is 98.8 Å². The number of fused-ring (bicyclic) bond motifs is 1.